The molecule has 1 unspecified atom stereocenters. The SMILES string of the molecule is CC(CCO)NC(=O)CNC(=O)CC(C)(C)C. The van der Waals surface area contributed by atoms with Gasteiger partial charge < -0.3 is 15.7 Å². The van der Waals surface area contributed by atoms with Crippen molar-refractivity contribution in [3.05, 3.63) is 0 Å². The second-order valence-corrected chi connectivity index (χ2v) is 5.50. The fourth-order valence-corrected chi connectivity index (χ4v) is 1.31. The van der Waals surface area contributed by atoms with Crippen molar-refractivity contribution in [1.29, 1.82) is 0 Å². The number of carbonyl (C=O) groups excluding carboxylic acids is 2. The van der Waals surface area contributed by atoms with E-state index in [9.17, 15) is 9.59 Å². The number of hydrogen-bond acceptors (Lipinski definition) is 3. The molecule has 5 heteroatoms. The van der Waals surface area contributed by atoms with Crippen LogP contribution in [0, 0.1) is 5.41 Å². The molecule has 0 fully saturated rings. The highest BCUT2D eigenvalue weighted by Gasteiger charge is 2.16. The number of nitrogens with one attached hydrogen (secondary N) is 2. The fraction of sp³-hybridized carbons (Fsp3) is 0.833. The van der Waals surface area contributed by atoms with Gasteiger partial charge in [0.05, 0.1) is 6.54 Å². The highest BCUT2D eigenvalue weighted by Crippen LogP contribution is 2.17. The molecule has 1 atom stereocenters. The maximum atomic E-state index is 11.4. The van der Waals surface area contributed by atoms with Gasteiger partial charge in [-0.05, 0) is 18.8 Å². The molecule has 0 saturated heterocycles. The molecule has 0 aromatic carbocycles. The maximum absolute atomic E-state index is 11.4. The lowest BCUT2D eigenvalue weighted by molar-refractivity contribution is -0.127. The molecule has 5 nitrogen and oxygen atoms in total. The number of rotatable bonds is 6. The van der Waals surface area contributed by atoms with E-state index in [0.29, 0.717) is 12.8 Å². The highest BCUT2D eigenvalue weighted by atomic mass is 16.3. The minimum Gasteiger partial charge on any atom is -0.396 e. The average molecular weight is 244 g/mol. The molecule has 0 aliphatic heterocycles. The van der Waals surface area contributed by atoms with Gasteiger partial charge in [-0.3, -0.25) is 9.59 Å². The second kappa shape index (κ2) is 7.27. The predicted molar refractivity (Wildman–Crippen MR) is 66.4 cm³/mol. The standard InChI is InChI=1S/C12H24N2O3/c1-9(5-6-15)14-11(17)8-13-10(16)7-12(2,3)4/h9,15H,5-8H2,1-4H3,(H,13,16)(H,14,17). The van der Waals surface area contributed by atoms with Gasteiger partial charge in [0.15, 0.2) is 0 Å². The summed E-state index contributed by atoms with van der Waals surface area (Å²) in [4.78, 5) is 22.8. The lowest BCUT2D eigenvalue weighted by atomic mass is 9.92. The minimum absolute atomic E-state index is 0.00924. The van der Waals surface area contributed by atoms with E-state index in [1.165, 1.54) is 0 Å². The number of aliphatic hydroxyl groups excluding tert-OH is 1. The van der Waals surface area contributed by atoms with Crippen molar-refractivity contribution in [1.82, 2.24) is 10.6 Å². The summed E-state index contributed by atoms with van der Waals surface area (Å²) < 4.78 is 0. The third-order valence-electron chi connectivity index (χ3n) is 2.11. The highest BCUT2D eigenvalue weighted by molar-refractivity contribution is 5.84. The van der Waals surface area contributed by atoms with Crippen LogP contribution in [0.1, 0.15) is 40.5 Å². The van der Waals surface area contributed by atoms with Gasteiger partial charge in [0, 0.05) is 19.1 Å². The van der Waals surface area contributed by atoms with E-state index in [0.717, 1.165) is 0 Å². The van der Waals surface area contributed by atoms with Crippen molar-refractivity contribution >= 4 is 11.8 Å². The monoisotopic (exact) mass is 244 g/mol. The molecule has 0 radical (unpaired) electrons. The summed E-state index contributed by atoms with van der Waals surface area (Å²) in [6.45, 7) is 7.75. The zero-order valence-electron chi connectivity index (χ0n) is 11.2. The Morgan fingerprint density at radius 2 is 1.82 bits per heavy atom. The molecular weight excluding hydrogens is 220 g/mol. The van der Waals surface area contributed by atoms with Gasteiger partial charge in [-0.25, -0.2) is 0 Å². The van der Waals surface area contributed by atoms with E-state index in [1.807, 2.05) is 27.7 Å². The predicted octanol–water partition coefficient (Wildman–Crippen LogP) is 0.426. The second-order valence-electron chi connectivity index (χ2n) is 5.50. The third kappa shape index (κ3) is 9.81. The van der Waals surface area contributed by atoms with Crippen LogP contribution in [-0.4, -0.2) is 36.1 Å². The van der Waals surface area contributed by atoms with Crippen LogP contribution in [0.4, 0.5) is 0 Å². The number of aliphatic hydroxyl groups is 1. The van der Waals surface area contributed by atoms with Crippen LogP contribution in [0.15, 0.2) is 0 Å². The quantitative estimate of drug-likeness (QED) is 0.634. The van der Waals surface area contributed by atoms with E-state index in [2.05, 4.69) is 10.6 Å². The molecule has 0 heterocycles. The summed E-state index contributed by atoms with van der Waals surface area (Å²) in [5, 5.41) is 13.9. The largest absolute Gasteiger partial charge is 0.396 e. The Hall–Kier alpha value is -1.10. The van der Waals surface area contributed by atoms with Gasteiger partial charge in [-0.1, -0.05) is 20.8 Å². The summed E-state index contributed by atoms with van der Waals surface area (Å²) in [7, 11) is 0. The van der Waals surface area contributed by atoms with Gasteiger partial charge >= 0.3 is 0 Å². The zero-order valence-corrected chi connectivity index (χ0v) is 11.2. The van der Waals surface area contributed by atoms with Crippen molar-refractivity contribution in [2.45, 2.75) is 46.6 Å². The Labute approximate surface area is 103 Å². The molecule has 0 aliphatic rings. The molecule has 0 spiro atoms. The maximum Gasteiger partial charge on any atom is 0.239 e. The molecule has 100 valence electrons. The van der Waals surface area contributed by atoms with Gasteiger partial charge in [0.2, 0.25) is 11.8 Å². The van der Waals surface area contributed by atoms with Gasteiger partial charge in [-0.15, -0.1) is 0 Å². The smallest absolute Gasteiger partial charge is 0.239 e. The van der Waals surface area contributed by atoms with E-state index in [1.54, 1.807) is 0 Å². The zero-order chi connectivity index (χ0) is 13.5. The normalized spacial score (nSPS) is 13.0. The Morgan fingerprint density at radius 3 is 2.29 bits per heavy atom. The first-order chi connectivity index (χ1) is 7.74. The molecule has 0 bridgehead atoms. The Kier molecular flexibility index (Phi) is 6.80. The van der Waals surface area contributed by atoms with Crippen LogP contribution < -0.4 is 10.6 Å². The van der Waals surface area contributed by atoms with Crippen LogP contribution in [0.25, 0.3) is 0 Å². The number of amides is 2. The molecule has 2 amide bonds. The first-order valence-corrected chi connectivity index (χ1v) is 5.91. The summed E-state index contributed by atoms with van der Waals surface area (Å²) in [6, 6.07) is -0.0768. The molecule has 0 aromatic heterocycles. The van der Waals surface area contributed by atoms with Gasteiger partial charge in [-0.2, -0.15) is 0 Å². The van der Waals surface area contributed by atoms with E-state index in [4.69, 9.17) is 5.11 Å². The Balaban J connectivity index is 3.81. The van der Waals surface area contributed by atoms with Crippen LogP contribution in [-0.2, 0) is 9.59 Å². The van der Waals surface area contributed by atoms with E-state index in [-0.39, 0.29) is 36.4 Å². The van der Waals surface area contributed by atoms with Crippen LogP contribution in [0.3, 0.4) is 0 Å². The van der Waals surface area contributed by atoms with Gasteiger partial charge in [0.1, 0.15) is 0 Å². The van der Waals surface area contributed by atoms with E-state index < -0.39 is 0 Å². The van der Waals surface area contributed by atoms with Crippen LogP contribution >= 0.6 is 0 Å². The van der Waals surface area contributed by atoms with E-state index >= 15 is 0 Å². The Bertz CT molecular complexity index is 259. The summed E-state index contributed by atoms with van der Waals surface area (Å²) in [5.41, 5.74) is -0.0786. The summed E-state index contributed by atoms with van der Waals surface area (Å²) in [5.74, 6) is -0.351. The lowest BCUT2D eigenvalue weighted by Crippen LogP contribution is -2.41. The first-order valence-electron chi connectivity index (χ1n) is 5.91. The third-order valence-corrected chi connectivity index (χ3v) is 2.11. The molecule has 17 heavy (non-hydrogen) atoms. The van der Waals surface area contributed by atoms with Crippen molar-refractivity contribution < 1.29 is 14.7 Å². The lowest BCUT2D eigenvalue weighted by Gasteiger charge is -2.17. The first kappa shape index (κ1) is 15.9. The van der Waals surface area contributed by atoms with Crippen molar-refractivity contribution in [2.75, 3.05) is 13.2 Å². The molecule has 0 saturated carbocycles. The number of carbonyl (C=O) groups is 2. The molecule has 0 aliphatic carbocycles. The fourth-order valence-electron chi connectivity index (χ4n) is 1.31. The molecular formula is C12H24N2O3. The summed E-state index contributed by atoms with van der Waals surface area (Å²) in [6.07, 6.45) is 0.911. The van der Waals surface area contributed by atoms with Crippen LogP contribution in [0.5, 0.6) is 0 Å². The Morgan fingerprint density at radius 1 is 1.24 bits per heavy atom. The molecule has 0 rings (SSSR count). The topological polar surface area (TPSA) is 78.4 Å². The average Bonchev–Trinajstić information content (AvgIpc) is 2.12. The van der Waals surface area contributed by atoms with Crippen molar-refractivity contribution in [2.24, 2.45) is 5.41 Å². The number of hydrogen-bond donors (Lipinski definition) is 3. The molecule has 3 N–H and O–H groups in total. The summed E-state index contributed by atoms with van der Waals surface area (Å²) >= 11 is 0. The van der Waals surface area contributed by atoms with Crippen LogP contribution in [0.2, 0.25) is 0 Å². The minimum atomic E-state index is -0.229. The molecule has 0 aromatic rings. The van der Waals surface area contributed by atoms with Crippen molar-refractivity contribution in [3.63, 3.8) is 0 Å². The van der Waals surface area contributed by atoms with Gasteiger partial charge in [0.25, 0.3) is 0 Å². The van der Waals surface area contributed by atoms with Crippen molar-refractivity contribution in [3.8, 4) is 0 Å².